The first kappa shape index (κ1) is 17.2. The zero-order chi connectivity index (χ0) is 16.5. The molecule has 0 fully saturated rings. The number of rotatable bonds is 9. The highest BCUT2D eigenvalue weighted by atomic mass is 32.1. The van der Waals surface area contributed by atoms with Crippen LogP contribution in [0.3, 0.4) is 0 Å². The Morgan fingerprint density at radius 2 is 2.22 bits per heavy atom. The summed E-state index contributed by atoms with van der Waals surface area (Å²) in [5, 5.41) is 6.93. The number of nitrogens with zero attached hydrogens (tertiary/aromatic N) is 2. The fourth-order valence-electron chi connectivity index (χ4n) is 1.86. The number of nitrogens with one attached hydrogen (secondary N) is 1. The highest BCUT2D eigenvalue weighted by Crippen LogP contribution is 2.30. The number of para-hydroxylation sites is 1. The predicted octanol–water partition coefficient (Wildman–Crippen LogP) is 3.32. The molecule has 7 heteroatoms. The summed E-state index contributed by atoms with van der Waals surface area (Å²) < 4.78 is 16.4. The van der Waals surface area contributed by atoms with Crippen LogP contribution in [-0.4, -0.2) is 38.1 Å². The fraction of sp³-hybridized carbons (Fsp3) is 0.375. The van der Waals surface area contributed by atoms with Gasteiger partial charge in [0.25, 0.3) is 0 Å². The lowest BCUT2D eigenvalue weighted by atomic mass is 10.2. The molecule has 2 rings (SSSR count). The van der Waals surface area contributed by atoms with E-state index in [4.69, 9.17) is 14.2 Å². The van der Waals surface area contributed by atoms with Crippen molar-refractivity contribution in [2.24, 2.45) is 5.10 Å². The van der Waals surface area contributed by atoms with Crippen molar-refractivity contribution >= 4 is 22.7 Å². The van der Waals surface area contributed by atoms with Crippen molar-refractivity contribution < 1.29 is 14.2 Å². The molecular formula is C16H21N3O3S. The highest BCUT2D eigenvalue weighted by molar-refractivity contribution is 7.13. The van der Waals surface area contributed by atoms with E-state index in [1.807, 2.05) is 37.4 Å². The number of methoxy groups -OCH3 is 1. The van der Waals surface area contributed by atoms with Crippen LogP contribution in [0.4, 0.5) is 5.13 Å². The molecule has 0 amide bonds. The molecule has 0 saturated carbocycles. The molecule has 1 heterocycles. The lowest BCUT2D eigenvalue weighted by Crippen LogP contribution is -2.08. The minimum absolute atomic E-state index is 0.453. The van der Waals surface area contributed by atoms with Gasteiger partial charge in [0.15, 0.2) is 11.5 Å². The summed E-state index contributed by atoms with van der Waals surface area (Å²) in [5.41, 5.74) is 4.70. The van der Waals surface area contributed by atoms with Crippen LogP contribution in [0.1, 0.15) is 18.2 Å². The molecular weight excluding hydrogens is 314 g/mol. The van der Waals surface area contributed by atoms with Crippen molar-refractivity contribution in [2.45, 2.75) is 13.8 Å². The molecule has 1 aromatic heterocycles. The number of aromatic nitrogens is 1. The summed E-state index contributed by atoms with van der Waals surface area (Å²) in [6.07, 6.45) is 1.69. The molecule has 0 aliphatic carbocycles. The van der Waals surface area contributed by atoms with E-state index >= 15 is 0 Å². The molecule has 0 saturated heterocycles. The van der Waals surface area contributed by atoms with Gasteiger partial charge >= 0.3 is 0 Å². The Kier molecular flexibility index (Phi) is 6.83. The number of hydrazone groups is 1. The molecule has 1 N–H and O–H groups in total. The smallest absolute Gasteiger partial charge is 0.203 e. The Balaban J connectivity index is 2.06. The normalized spacial score (nSPS) is 10.9. The van der Waals surface area contributed by atoms with Gasteiger partial charge in [-0.1, -0.05) is 6.07 Å². The van der Waals surface area contributed by atoms with E-state index < -0.39 is 0 Å². The summed E-state index contributed by atoms with van der Waals surface area (Å²) in [7, 11) is 1.61. The van der Waals surface area contributed by atoms with Crippen LogP contribution in [0.15, 0.2) is 28.7 Å². The maximum Gasteiger partial charge on any atom is 0.203 e. The number of aryl methyl sites for hydroxylation is 1. The van der Waals surface area contributed by atoms with Crippen LogP contribution in [0.2, 0.25) is 0 Å². The van der Waals surface area contributed by atoms with Gasteiger partial charge in [-0.3, -0.25) is 5.43 Å². The lowest BCUT2D eigenvalue weighted by molar-refractivity contribution is 0.109. The molecule has 0 unspecified atom stereocenters. The second kappa shape index (κ2) is 9.12. The number of anilines is 1. The molecule has 0 atom stereocenters. The molecule has 0 aliphatic heterocycles. The van der Waals surface area contributed by atoms with E-state index in [1.165, 1.54) is 11.3 Å². The van der Waals surface area contributed by atoms with Crippen molar-refractivity contribution in [3.8, 4) is 11.5 Å². The van der Waals surface area contributed by atoms with Crippen molar-refractivity contribution in [2.75, 3.05) is 32.4 Å². The predicted molar refractivity (Wildman–Crippen MR) is 93.0 cm³/mol. The third-order valence-corrected chi connectivity index (χ3v) is 3.76. The zero-order valence-electron chi connectivity index (χ0n) is 13.5. The van der Waals surface area contributed by atoms with Crippen LogP contribution in [-0.2, 0) is 4.74 Å². The largest absolute Gasteiger partial charge is 0.493 e. The van der Waals surface area contributed by atoms with Crippen LogP contribution < -0.4 is 14.9 Å². The number of hydrogen-bond donors (Lipinski definition) is 1. The molecule has 2 aromatic rings. The molecule has 124 valence electrons. The van der Waals surface area contributed by atoms with Gasteiger partial charge < -0.3 is 14.2 Å². The Hall–Kier alpha value is -2.12. The highest BCUT2D eigenvalue weighted by Gasteiger charge is 2.09. The minimum atomic E-state index is 0.453. The molecule has 0 spiro atoms. The number of thiazole rings is 1. The van der Waals surface area contributed by atoms with Crippen LogP contribution >= 0.6 is 11.3 Å². The van der Waals surface area contributed by atoms with E-state index in [0.717, 1.165) is 16.4 Å². The molecule has 6 nitrogen and oxygen atoms in total. The first-order valence-electron chi connectivity index (χ1n) is 7.33. The Morgan fingerprint density at radius 1 is 1.35 bits per heavy atom. The lowest BCUT2D eigenvalue weighted by Gasteiger charge is -2.13. The van der Waals surface area contributed by atoms with Gasteiger partial charge in [-0.2, -0.15) is 5.10 Å². The van der Waals surface area contributed by atoms with Gasteiger partial charge in [0.2, 0.25) is 5.13 Å². The summed E-state index contributed by atoms with van der Waals surface area (Å²) in [5.74, 6) is 1.31. The average Bonchev–Trinajstić information content (AvgIpc) is 2.97. The van der Waals surface area contributed by atoms with E-state index in [9.17, 15) is 0 Å². The zero-order valence-corrected chi connectivity index (χ0v) is 14.4. The van der Waals surface area contributed by atoms with Gasteiger partial charge in [-0.25, -0.2) is 4.98 Å². The van der Waals surface area contributed by atoms with Crippen molar-refractivity contribution in [1.82, 2.24) is 4.98 Å². The maximum absolute atomic E-state index is 5.79. The summed E-state index contributed by atoms with van der Waals surface area (Å²) in [6, 6.07) is 5.66. The maximum atomic E-state index is 5.79. The number of benzene rings is 1. The fourth-order valence-corrected chi connectivity index (χ4v) is 2.50. The molecule has 23 heavy (non-hydrogen) atoms. The first-order chi connectivity index (χ1) is 11.2. The Morgan fingerprint density at radius 3 is 2.91 bits per heavy atom. The van der Waals surface area contributed by atoms with Crippen molar-refractivity contribution in [1.29, 1.82) is 0 Å². The Bertz CT molecular complexity index is 643. The van der Waals surface area contributed by atoms with Crippen molar-refractivity contribution in [3.05, 3.63) is 34.8 Å². The van der Waals surface area contributed by atoms with Crippen LogP contribution in [0.5, 0.6) is 11.5 Å². The topological polar surface area (TPSA) is 65.0 Å². The van der Waals surface area contributed by atoms with Gasteiger partial charge in [-0.05, 0) is 26.0 Å². The molecule has 0 radical (unpaired) electrons. The molecule has 1 aromatic carbocycles. The molecule has 0 bridgehead atoms. The quantitative estimate of drug-likeness (QED) is 0.433. The Labute approximate surface area is 140 Å². The first-order valence-corrected chi connectivity index (χ1v) is 8.21. The number of hydrogen-bond acceptors (Lipinski definition) is 7. The van der Waals surface area contributed by atoms with Crippen LogP contribution in [0.25, 0.3) is 0 Å². The molecule has 0 aliphatic rings. The average molecular weight is 335 g/mol. The minimum Gasteiger partial charge on any atom is -0.493 e. The summed E-state index contributed by atoms with van der Waals surface area (Å²) in [6.45, 7) is 5.54. The van der Waals surface area contributed by atoms with E-state index in [1.54, 1.807) is 13.3 Å². The van der Waals surface area contributed by atoms with Crippen LogP contribution in [0, 0.1) is 6.92 Å². The SMILES string of the molecule is CCOCCOc1c(C=NNc2nc(C)cs2)cccc1OC. The van der Waals surface area contributed by atoms with Gasteiger partial charge in [0, 0.05) is 17.6 Å². The summed E-state index contributed by atoms with van der Waals surface area (Å²) >= 11 is 1.51. The third-order valence-electron chi connectivity index (χ3n) is 2.89. The second-order valence-electron chi connectivity index (χ2n) is 4.59. The third kappa shape index (κ3) is 5.22. The monoisotopic (exact) mass is 335 g/mol. The van der Waals surface area contributed by atoms with Crippen molar-refractivity contribution in [3.63, 3.8) is 0 Å². The standard InChI is InChI=1S/C16H21N3O3S/c1-4-21-8-9-22-15-13(6-5-7-14(15)20-3)10-17-19-16-18-12(2)11-23-16/h5-7,10-11H,4,8-9H2,1-3H3,(H,18,19). The second-order valence-corrected chi connectivity index (χ2v) is 5.45. The summed E-state index contributed by atoms with van der Waals surface area (Å²) in [4.78, 5) is 4.29. The van der Waals surface area contributed by atoms with Gasteiger partial charge in [0.1, 0.15) is 6.61 Å². The van der Waals surface area contributed by atoms with Gasteiger partial charge in [-0.15, -0.1) is 11.3 Å². The number of ether oxygens (including phenoxy) is 3. The van der Waals surface area contributed by atoms with E-state index in [2.05, 4.69) is 15.5 Å². The van der Waals surface area contributed by atoms with E-state index in [-0.39, 0.29) is 0 Å². The van der Waals surface area contributed by atoms with Gasteiger partial charge in [0.05, 0.1) is 25.6 Å². The van der Waals surface area contributed by atoms with E-state index in [0.29, 0.717) is 31.3 Å².